The Hall–Kier alpha value is -1.87. The summed E-state index contributed by atoms with van der Waals surface area (Å²) < 4.78 is 1.04. The average molecular weight is 358 g/mol. The number of carbonyl (C=O) groups is 1. The van der Waals surface area contributed by atoms with E-state index in [1.54, 1.807) is 12.3 Å². The maximum absolute atomic E-state index is 12.1. The van der Waals surface area contributed by atoms with Crippen LogP contribution in [0.15, 0.2) is 59.2 Å². The van der Waals surface area contributed by atoms with E-state index >= 15 is 0 Å². The van der Waals surface area contributed by atoms with Crippen LogP contribution in [-0.4, -0.2) is 5.78 Å². The lowest BCUT2D eigenvalue weighted by Gasteiger charge is -2.06. The molecular weight excluding hydrogens is 338 g/mol. The molecule has 0 radical (unpaired) electrons. The lowest BCUT2D eigenvalue weighted by atomic mass is 10.0. The van der Waals surface area contributed by atoms with Gasteiger partial charge >= 0.3 is 0 Å². The molecule has 0 aliphatic rings. The Bertz CT molecular complexity index is 687. The fraction of sp³-hybridized carbons (Fsp3) is 0.211. The van der Waals surface area contributed by atoms with Gasteiger partial charge in [0.2, 0.25) is 0 Å². The van der Waals surface area contributed by atoms with Gasteiger partial charge < -0.3 is 5.32 Å². The van der Waals surface area contributed by atoms with Gasteiger partial charge in [0.1, 0.15) is 0 Å². The number of rotatable bonds is 5. The van der Waals surface area contributed by atoms with Gasteiger partial charge in [-0.25, -0.2) is 0 Å². The Labute approximate surface area is 140 Å². The first-order valence-corrected chi connectivity index (χ1v) is 8.10. The van der Waals surface area contributed by atoms with E-state index in [4.69, 9.17) is 0 Å². The van der Waals surface area contributed by atoms with Crippen molar-refractivity contribution in [2.24, 2.45) is 0 Å². The number of nitrogens with one attached hydrogen (secondary N) is 1. The first kappa shape index (κ1) is 16.5. The first-order valence-electron chi connectivity index (χ1n) is 7.31. The Kier molecular flexibility index (Phi) is 5.56. The summed E-state index contributed by atoms with van der Waals surface area (Å²) >= 11 is 3.43. The van der Waals surface area contributed by atoms with Crippen molar-refractivity contribution in [1.82, 2.24) is 0 Å². The third-order valence-corrected chi connectivity index (χ3v) is 4.02. The molecule has 0 saturated heterocycles. The van der Waals surface area contributed by atoms with Crippen molar-refractivity contribution in [2.75, 3.05) is 5.32 Å². The highest BCUT2D eigenvalue weighted by Crippen LogP contribution is 2.20. The monoisotopic (exact) mass is 357 g/mol. The van der Waals surface area contributed by atoms with Crippen LogP contribution in [0.1, 0.15) is 41.3 Å². The van der Waals surface area contributed by atoms with Gasteiger partial charge in [-0.05, 0) is 42.2 Å². The molecule has 0 aliphatic carbocycles. The zero-order chi connectivity index (χ0) is 16.1. The van der Waals surface area contributed by atoms with Crippen LogP contribution >= 0.6 is 15.9 Å². The van der Waals surface area contributed by atoms with Crippen molar-refractivity contribution in [1.29, 1.82) is 0 Å². The smallest absolute Gasteiger partial charge is 0.187 e. The second-order valence-corrected chi connectivity index (χ2v) is 6.49. The minimum atomic E-state index is -0.00225. The van der Waals surface area contributed by atoms with Gasteiger partial charge in [0, 0.05) is 28.0 Å². The molecule has 0 aromatic heterocycles. The van der Waals surface area contributed by atoms with E-state index in [1.807, 2.05) is 49.4 Å². The summed E-state index contributed by atoms with van der Waals surface area (Å²) in [4.78, 5) is 12.1. The highest BCUT2D eigenvalue weighted by Gasteiger charge is 2.03. The molecular formula is C19H20BrNO. The molecule has 0 aliphatic heterocycles. The molecule has 0 atom stereocenters. The van der Waals surface area contributed by atoms with Crippen LogP contribution in [0.2, 0.25) is 0 Å². The number of halogens is 1. The first-order chi connectivity index (χ1) is 10.5. The summed E-state index contributed by atoms with van der Waals surface area (Å²) in [5.74, 6) is 0.472. The summed E-state index contributed by atoms with van der Waals surface area (Å²) in [5, 5.41) is 3.15. The van der Waals surface area contributed by atoms with Crippen molar-refractivity contribution >= 4 is 27.4 Å². The molecule has 0 spiro atoms. The number of hydrogen-bond acceptors (Lipinski definition) is 2. The van der Waals surface area contributed by atoms with Crippen molar-refractivity contribution in [3.8, 4) is 0 Å². The van der Waals surface area contributed by atoms with Gasteiger partial charge in [0.15, 0.2) is 5.78 Å². The van der Waals surface area contributed by atoms with E-state index in [-0.39, 0.29) is 5.78 Å². The lowest BCUT2D eigenvalue weighted by Crippen LogP contribution is -1.98. The predicted molar refractivity (Wildman–Crippen MR) is 96.5 cm³/mol. The fourth-order valence-corrected chi connectivity index (χ4v) is 2.60. The predicted octanol–water partition coefficient (Wildman–Crippen LogP) is 5.69. The van der Waals surface area contributed by atoms with E-state index < -0.39 is 0 Å². The minimum absolute atomic E-state index is 0.00225. The maximum atomic E-state index is 12.1. The number of benzene rings is 2. The zero-order valence-corrected chi connectivity index (χ0v) is 14.6. The minimum Gasteiger partial charge on any atom is -0.361 e. The van der Waals surface area contributed by atoms with Crippen LogP contribution in [0, 0.1) is 6.92 Å². The number of hydrogen-bond donors (Lipinski definition) is 1. The molecule has 3 heteroatoms. The highest BCUT2D eigenvalue weighted by molar-refractivity contribution is 9.10. The Morgan fingerprint density at radius 3 is 2.41 bits per heavy atom. The third-order valence-electron chi connectivity index (χ3n) is 3.52. The van der Waals surface area contributed by atoms with Gasteiger partial charge in [-0.3, -0.25) is 4.79 Å². The fourth-order valence-electron chi connectivity index (χ4n) is 2.12. The van der Waals surface area contributed by atoms with E-state index in [0.29, 0.717) is 11.5 Å². The van der Waals surface area contributed by atoms with E-state index in [9.17, 15) is 4.79 Å². The Morgan fingerprint density at radius 1 is 1.14 bits per heavy atom. The summed E-state index contributed by atoms with van der Waals surface area (Å²) in [6.07, 6.45) is 3.25. The van der Waals surface area contributed by atoms with E-state index in [0.717, 1.165) is 15.7 Å². The topological polar surface area (TPSA) is 29.1 Å². The number of ketones is 1. The third kappa shape index (κ3) is 4.31. The van der Waals surface area contributed by atoms with E-state index in [2.05, 4.69) is 35.1 Å². The van der Waals surface area contributed by atoms with Crippen molar-refractivity contribution in [3.05, 3.63) is 75.9 Å². The molecule has 0 saturated carbocycles. The van der Waals surface area contributed by atoms with Gasteiger partial charge in [-0.2, -0.15) is 0 Å². The number of carbonyl (C=O) groups excluding carboxylic acids is 1. The molecule has 2 aromatic rings. The molecule has 0 heterocycles. The molecule has 22 heavy (non-hydrogen) atoms. The zero-order valence-electron chi connectivity index (χ0n) is 13.1. The van der Waals surface area contributed by atoms with Crippen LogP contribution in [0.25, 0.3) is 0 Å². The molecule has 0 amide bonds. The van der Waals surface area contributed by atoms with E-state index in [1.165, 1.54) is 5.56 Å². The van der Waals surface area contributed by atoms with Gasteiger partial charge in [-0.15, -0.1) is 0 Å². The standard InChI is InChI=1S/C19H20BrNO/c1-13(2)15-4-6-16(7-5-15)19(22)10-11-21-18-9-8-17(20)12-14(18)3/h4-13,21H,1-3H3. The number of aryl methyl sites for hydroxylation is 1. The number of allylic oxidation sites excluding steroid dienone is 1. The summed E-state index contributed by atoms with van der Waals surface area (Å²) in [7, 11) is 0. The Balaban J connectivity index is 2.02. The van der Waals surface area contributed by atoms with Crippen molar-refractivity contribution < 1.29 is 4.79 Å². The molecule has 0 fully saturated rings. The molecule has 2 nitrogen and oxygen atoms in total. The average Bonchev–Trinajstić information content (AvgIpc) is 2.49. The maximum Gasteiger partial charge on any atom is 0.187 e. The van der Waals surface area contributed by atoms with Gasteiger partial charge in [-0.1, -0.05) is 54.0 Å². The molecule has 114 valence electrons. The SMILES string of the molecule is Cc1cc(Br)ccc1NC=CC(=O)c1ccc(C(C)C)cc1. The Morgan fingerprint density at radius 2 is 1.82 bits per heavy atom. The largest absolute Gasteiger partial charge is 0.361 e. The summed E-state index contributed by atoms with van der Waals surface area (Å²) in [6.45, 7) is 6.30. The molecule has 1 N–H and O–H groups in total. The molecule has 2 aromatic carbocycles. The van der Waals surface area contributed by atoms with Gasteiger partial charge in [0.05, 0.1) is 0 Å². The molecule has 2 rings (SSSR count). The van der Waals surface area contributed by atoms with Crippen LogP contribution in [0.5, 0.6) is 0 Å². The second kappa shape index (κ2) is 7.41. The number of anilines is 1. The van der Waals surface area contributed by atoms with Gasteiger partial charge in [0.25, 0.3) is 0 Å². The quantitative estimate of drug-likeness (QED) is 0.550. The molecule has 0 bridgehead atoms. The molecule has 0 unspecified atom stereocenters. The normalized spacial score (nSPS) is 11.1. The highest BCUT2D eigenvalue weighted by atomic mass is 79.9. The summed E-state index contributed by atoms with van der Waals surface area (Å²) in [6, 6.07) is 13.8. The summed E-state index contributed by atoms with van der Waals surface area (Å²) in [5.41, 5.74) is 4.05. The van der Waals surface area contributed by atoms with Crippen LogP contribution in [0.3, 0.4) is 0 Å². The van der Waals surface area contributed by atoms with Crippen molar-refractivity contribution in [2.45, 2.75) is 26.7 Å². The lowest BCUT2D eigenvalue weighted by molar-refractivity contribution is 0.104. The van der Waals surface area contributed by atoms with Crippen molar-refractivity contribution in [3.63, 3.8) is 0 Å². The van der Waals surface area contributed by atoms with Crippen LogP contribution in [0.4, 0.5) is 5.69 Å². The van der Waals surface area contributed by atoms with Crippen LogP contribution in [-0.2, 0) is 0 Å². The van der Waals surface area contributed by atoms with Crippen LogP contribution < -0.4 is 5.32 Å². The second-order valence-electron chi connectivity index (χ2n) is 5.58.